The standard InChI is InChI=1S/C24H21N3O2S/c1-17-10-11-21(27(29-2)24(28)18-7-4-3-5-8-18)13-20(17)14-23-26-22(16-30-23)19-9-6-12-25-15-19/h3-13,15-16H,14H2,1-2H3. The molecule has 0 saturated heterocycles. The number of aryl methyl sites for hydroxylation is 1. The largest absolute Gasteiger partial charge is 0.282 e. The fourth-order valence-electron chi connectivity index (χ4n) is 3.18. The molecule has 1 amide bonds. The molecule has 0 fully saturated rings. The van der Waals surface area contributed by atoms with Crippen LogP contribution in [0.15, 0.2) is 78.4 Å². The number of aromatic nitrogens is 2. The second-order valence-electron chi connectivity index (χ2n) is 6.80. The van der Waals surface area contributed by atoms with E-state index in [1.807, 2.05) is 60.1 Å². The van der Waals surface area contributed by atoms with Crippen LogP contribution in [0.5, 0.6) is 0 Å². The summed E-state index contributed by atoms with van der Waals surface area (Å²) in [7, 11) is 1.50. The van der Waals surface area contributed by atoms with Crippen LogP contribution in [0, 0.1) is 6.92 Å². The predicted molar refractivity (Wildman–Crippen MR) is 120 cm³/mol. The van der Waals surface area contributed by atoms with E-state index in [4.69, 9.17) is 9.82 Å². The lowest BCUT2D eigenvalue weighted by Crippen LogP contribution is -2.29. The number of anilines is 1. The van der Waals surface area contributed by atoms with Gasteiger partial charge in [-0.1, -0.05) is 24.3 Å². The van der Waals surface area contributed by atoms with Crippen molar-refractivity contribution in [2.45, 2.75) is 13.3 Å². The van der Waals surface area contributed by atoms with E-state index >= 15 is 0 Å². The van der Waals surface area contributed by atoms with Gasteiger partial charge in [0.15, 0.2) is 0 Å². The van der Waals surface area contributed by atoms with Gasteiger partial charge in [0.1, 0.15) is 0 Å². The molecule has 2 aromatic heterocycles. The molecular formula is C24H21N3O2S. The fourth-order valence-corrected chi connectivity index (χ4v) is 4.01. The normalized spacial score (nSPS) is 10.7. The highest BCUT2D eigenvalue weighted by Gasteiger charge is 2.19. The fraction of sp³-hybridized carbons (Fsp3) is 0.125. The summed E-state index contributed by atoms with van der Waals surface area (Å²) >= 11 is 1.62. The number of hydrogen-bond donors (Lipinski definition) is 0. The number of carbonyl (C=O) groups excluding carboxylic acids is 1. The van der Waals surface area contributed by atoms with Crippen molar-refractivity contribution >= 4 is 22.9 Å². The molecule has 0 aliphatic heterocycles. The van der Waals surface area contributed by atoms with E-state index in [-0.39, 0.29) is 5.91 Å². The Balaban J connectivity index is 1.59. The first-order valence-corrected chi connectivity index (χ1v) is 10.4. The Morgan fingerprint density at radius 3 is 2.67 bits per heavy atom. The molecule has 0 saturated carbocycles. The van der Waals surface area contributed by atoms with Crippen molar-refractivity contribution in [2.75, 3.05) is 12.2 Å². The summed E-state index contributed by atoms with van der Waals surface area (Å²) in [6, 6.07) is 18.9. The van der Waals surface area contributed by atoms with Gasteiger partial charge in [0.2, 0.25) is 0 Å². The molecule has 0 N–H and O–H groups in total. The van der Waals surface area contributed by atoms with Gasteiger partial charge in [-0.3, -0.25) is 14.6 Å². The van der Waals surface area contributed by atoms with Crippen molar-refractivity contribution in [3.05, 3.63) is 100 Å². The average Bonchev–Trinajstić information content (AvgIpc) is 3.26. The highest BCUT2D eigenvalue weighted by Crippen LogP contribution is 2.26. The molecule has 0 unspecified atom stereocenters. The van der Waals surface area contributed by atoms with E-state index in [2.05, 4.69) is 11.9 Å². The Kier molecular flexibility index (Phi) is 5.97. The van der Waals surface area contributed by atoms with Gasteiger partial charge in [0, 0.05) is 35.3 Å². The summed E-state index contributed by atoms with van der Waals surface area (Å²) in [5, 5.41) is 4.38. The van der Waals surface area contributed by atoms with Crippen LogP contribution in [-0.4, -0.2) is 23.0 Å². The molecule has 0 atom stereocenters. The van der Waals surface area contributed by atoms with Crippen molar-refractivity contribution in [3.8, 4) is 11.3 Å². The number of hydrogen-bond acceptors (Lipinski definition) is 5. The van der Waals surface area contributed by atoms with Crippen LogP contribution in [0.4, 0.5) is 5.69 Å². The first-order chi connectivity index (χ1) is 14.7. The zero-order valence-electron chi connectivity index (χ0n) is 16.8. The Morgan fingerprint density at radius 2 is 1.93 bits per heavy atom. The Morgan fingerprint density at radius 1 is 1.10 bits per heavy atom. The topological polar surface area (TPSA) is 55.3 Å². The maximum absolute atomic E-state index is 12.9. The van der Waals surface area contributed by atoms with Crippen LogP contribution >= 0.6 is 11.3 Å². The van der Waals surface area contributed by atoms with Crippen molar-refractivity contribution in [1.29, 1.82) is 0 Å². The van der Waals surface area contributed by atoms with Crippen molar-refractivity contribution in [3.63, 3.8) is 0 Å². The molecular weight excluding hydrogens is 394 g/mol. The zero-order valence-corrected chi connectivity index (χ0v) is 17.6. The zero-order chi connectivity index (χ0) is 20.9. The minimum atomic E-state index is -0.207. The third-order valence-corrected chi connectivity index (χ3v) is 5.65. The molecule has 2 heterocycles. The molecule has 0 radical (unpaired) electrons. The Hall–Kier alpha value is -3.35. The lowest BCUT2D eigenvalue weighted by Gasteiger charge is -2.21. The molecule has 0 bridgehead atoms. The van der Waals surface area contributed by atoms with E-state index < -0.39 is 0 Å². The van der Waals surface area contributed by atoms with Crippen LogP contribution < -0.4 is 5.06 Å². The molecule has 2 aromatic carbocycles. The third kappa shape index (κ3) is 4.30. The summed E-state index contributed by atoms with van der Waals surface area (Å²) < 4.78 is 0. The summed E-state index contributed by atoms with van der Waals surface area (Å²) in [5.74, 6) is -0.207. The molecule has 30 heavy (non-hydrogen) atoms. The Labute approximate surface area is 179 Å². The van der Waals surface area contributed by atoms with E-state index in [0.717, 1.165) is 27.4 Å². The molecule has 0 spiro atoms. The van der Waals surface area contributed by atoms with Gasteiger partial charge in [-0.2, -0.15) is 5.06 Å². The lowest BCUT2D eigenvalue weighted by atomic mass is 10.0. The third-order valence-electron chi connectivity index (χ3n) is 4.81. The number of pyridine rings is 1. The summed E-state index contributed by atoms with van der Waals surface area (Å²) in [6.07, 6.45) is 4.25. The maximum atomic E-state index is 12.9. The van der Waals surface area contributed by atoms with Crippen LogP contribution in [-0.2, 0) is 11.3 Å². The van der Waals surface area contributed by atoms with Crippen molar-refractivity contribution < 1.29 is 9.63 Å². The number of carbonyl (C=O) groups is 1. The van der Waals surface area contributed by atoms with Crippen molar-refractivity contribution in [1.82, 2.24) is 9.97 Å². The number of benzene rings is 2. The van der Waals surface area contributed by atoms with Gasteiger partial charge in [-0.05, 0) is 54.4 Å². The SMILES string of the molecule is CON(C(=O)c1ccccc1)c1ccc(C)c(Cc2nc(-c3cccnc3)cs2)c1. The average molecular weight is 416 g/mol. The number of rotatable bonds is 6. The lowest BCUT2D eigenvalue weighted by molar-refractivity contribution is 0.0773. The quantitative estimate of drug-likeness (QED) is 0.400. The maximum Gasteiger partial charge on any atom is 0.282 e. The van der Waals surface area contributed by atoms with Gasteiger partial charge in [0.25, 0.3) is 5.91 Å². The van der Waals surface area contributed by atoms with E-state index in [9.17, 15) is 4.79 Å². The van der Waals surface area contributed by atoms with Gasteiger partial charge in [0.05, 0.1) is 23.5 Å². The Bertz CT molecular complexity index is 1140. The monoisotopic (exact) mass is 415 g/mol. The molecule has 150 valence electrons. The molecule has 5 nitrogen and oxygen atoms in total. The molecule has 0 aliphatic rings. The molecule has 0 aliphatic carbocycles. The summed E-state index contributed by atoms with van der Waals surface area (Å²) in [6.45, 7) is 2.06. The van der Waals surface area contributed by atoms with Crippen LogP contribution in [0.1, 0.15) is 26.5 Å². The summed E-state index contributed by atoms with van der Waals surface area (Å²) in [4.78, 5) is 27.2. The number of amides is 1. The molecule has 6 heteroatoms. The van der Waals surface area contributed by atoms with Crippen LogP contribution in [0.2, 0.25) is 0 Å². The summed E-state index contributed by atoms with van der Waals surface area (Å²) in [5.41, 5.74) is 5.43. The van der Waals surface area contributed by atoms with E-state index in [0.29, 0.717) is 17.7 Å². The van der Waals surface area contributed by atoms with Crippen molar-refractivity contribution in [2.24, 2.45) is 0 Å². The first kappa shape index (κ1) is 19.9. The van der Waals surface area contributed by atoms with Crippen LogP contribution in [0.25, 0.3) is 11.3 Å². The van der Waals surface area contributed by atoms with E-state index in [1.165, 1.54) is 12.2 Å². The highest BCUT2D eigenvalue weighted by molar-refractivity contribution is 7.10. The van der Waals surface area contributed by atoms with E-state index in [1.54, 1.807) is 29.7 Å². The first-order valence-electron chi connectivity index (χ1n) is 9.53. The molecule has 4 aromatic rings. The van der Waals surface area contributed by atoms with Gasteiger partial charge in [-0.25, -0.2) is 4.98 Å². The number of nitrogens with zero attached hydrogens (tertiary/aromatic N) is 3. The molecule has 4 rings (SSSR count). The van der Waals surface area contributed by atoms with Gasteiger partial charge in [-0.15, -0.1) is 11.3 Å². The minimum absolute atomic E-state index is 0.207. The van der Waals surface area contributed by atoms with Gasteiger partial charge < -0.3 is 0 Å². The van der Waals surface area contributed by atoms with Crippen LogP contribution in [0.3, 0.4) is 0 Å². The highest BCUT2D eigenvalue weighted by atomic mass is 32.1. The second kappa shape index (κ2) is 8.98. The smallest absolute Gasteiger partial charge is 0.269 e. The second-order valence-corrected chi connectivity index (χ2v) is 7.75. The van der Waals surface area contributed by atoms with Gasteiger partial charge >= 0.3 is 0 Å². The number of hydroxylamine groups is 1. The minimum Gasteiger partial charge on any atom is -0.269 e. The predicted octanol–water partition coefficient (Wildman–Crippen LogP) is 5.31. The number of thiazole rings is 1.